The van der Waals surface area contributed by atoms with E-state index in [0.29, 0.717) is 37.0 Å². The van der Waals surface area contributed by atoms with Crippen LogP contribution in [-0.2, 0) is 38.2 Å². The minimum absolute atomic E-state index is 0.213. The van der Waals surface area contributed by atoms with Crippen molar-refractivity contribution >= 4 is 35.8 Å². The first-order valence-electron chi connectivity index (χ1n) is 11.8. The molecule has 1 aromatic rings. The number of rotatable bonds is 4. The molecule has 0 amide bonds. The highest BCUT2D eigenvalue weighted by molar-refractivity contribution is 5.97. The van der Waals surface area contributed by atoms with E-state index in [-0.39, 0.29) is 18.6 Å². The normalized spacial score (nSPS) is 31.8. The molecular weight excluding hydrogens is 460 g/mol. The Morgan fingerprint density at radius 1 is 0.714 bits per heavy atom. The third-order valence-corrected chi connectivity index (χ3v) is 7.56. The first-order chi connectivity index (χ1) is 16.7. The van der Waals surface area contributed by atoms with Crippen molar-refractivity contribution in [3.8, 4) is 11.5 Å². The van der Waals surface area contributed by atoms with Gasteiger partial charge in [0, 0.05) is 0 Å². The number of fused-ring (bicyclic) bond motifs is 2. The summed E-state index contributed by atoms with van der Waals surface area (Å²) >= 11 is 0. The van der Waals surface area contributed by atoms with Crippen LogP contribution < -0.4 is 9.47 Å². The van der Waals surface area contributed by atoms with Crippen LogP contribution in [0.5, 0.6) is 11.5 Å². The van der Waals surface area contributed by atoms with Crippen molar-refractivity contribution in [2.75, 3.05) is 0 Å². The van der Waals surface area contributed by atoms with Gasteiger partial charge < -0.3 is 18.9 Å². The average Bonchev–Trinajstić information content (AvgIpc) is 3.28. The third-order valence-electron chi connectivity index (χ3n) is 7.56. The number of ether oxygens (including phenoxy) is 4. The van der Waals surface area contributed by atoms with Crippen LogP contribution in [0.4, 0.5) is 0 Å². The first-order valence-corrected chi connectivity index (χ1v) is 11.8. The predicted octanol–water partition coefficient (Wildman–Crippen LogP) is 2.04. The second kappa shape index (κ2) is 8.90. The summed E-state index contributed by atoms with van der Waals surface area (Å²) in [5, 5.41) is 0. The van der Waals surface area contributed by atoms with E-state index in [1.54, 1.807) is 13.0 Å². The van der Waals surface area contributed by atoms with Gasteiger partial charge in [0.05, 0.1) is 35.5 Å². The predicted molar refractivity (Wildman–Crippen MR) is 113 cm³/mol. The molecule has 6 atom stereocenters. The van der Waals surface area contributed by atoms with Crippen LogP contribution in [0, 0.1) is 42.4 Å². The van der Waals surface area contributed by atoms with Crippen molar-refractivity contribution in [3.63, 3.8) is 0 Å². The molecule has 184 valence electrons. The van der Waals surface area contributed by atoms with Gasteiger partial charge in [-0.1, -0.05) is 0 Å². The van der Waals surface area contributed by atoms with E-state index in [1.165, 1.54) is 12.1 Å². The third kappa shape index (κ3) is 4.33. The standard InChI is InChI=1S/C25H24O10/c1-11-8-14(32-20(26)12-2-5-15-17(9-12)24(30)34-22(15)28)4-7-19(11)33-21(27)13-3-6-16-18(10-13)25(31)35-23(16)29/h4,7-8,12-13,15-18H,2-3,5-6,9-10H2,1H3. The average molecular weight is 484 g/mol. The SMILES string of the molecule is Cc1cc(OC(=O)C2CCC3C(=O)OC(=O)C3C2)ccc1OC(=O)C1CCC2C(=O)OC(=O)C2C1. The van der Waals surface area contributed by atoms with Gasteiger partial charge >= 0.3 is 35.8 Å². The van der Waals surface area contributed by atoms with Crippen molar-refractivity contribution in [1.82, 2.24) is 0 Å². The van der Waals surface area contributed by atoms with Crippen molar-refractivity contribution in [3.05, 3.63) is 23.8 Å². The zero-order chi connectivity index (χ0) is 24.9. The summed E-state index contributed by atoms with van der Waals surface area (Å²) in [5.74, 6) is -5.78. The largest absolute Gasteiger partial charge is 0.426 e. The lowest BCUT2D eigenvalue weighted by molar-refractivity contribution is -0.155. The molecule has 0 spiro atoms. The molecule has 0 radical (unpaired) electrons. The molecule has 4 aliphatic rings. The zero-order valence-electron chi connectivity index (χ0n) is 19.0. The van der Waals surface area contributed by atoms with E-state index in [0.717, 1.165) is 0 Å². The van der Waals surface area contributed by atoms with Gasteiger partial charge in [-0.05, 0) is 69.2 Å². The Kier molecular flexibility index (Phi) is 5.90. The molecule has 35 heavy (non-hydrogen) atoms. The molecule has 10 heteroatoms. The van der Waals surface area contributed by atoms with Gasteiger partial charge in [0.25, 0.3) is 0 Å². The molecule has 6 unspecified atom stereocenters. The molecular formula is C25H24O10. The molecule has 0 bridgehead atoms. The van der Waals surface area contributed by atoms with Crippen LogP contribution in [0.25, 0.3) is 0 Å². The molecule has 1 aromatic carbocycles. The highest BCUT2D eigenvalue weighted by Crippen LogP contribution is 2.41. The molecule has 2 aliphatic heterocycles. The van der Waals surface area contributed by atoms with E-state index in [1.807, 2.05) is 0 Å². The smallest absolute Gasteiger partial charge is 0.317 e. The van der Waals surface area contributed by atoms with Crippen LogP contribution in [0.1, 0.15) is 44.1 Å². The van der Waals surface area contributed by atoms with Gasteiger partial charge in [-0.15, -0.1) is 0 Å². The van der Waals surface area contributed by atoms with Gasteiger partial charge in [0.1, 0.15) is 11.5 Å². The summed E-state index contributed by atoms with van der Waals surface area (Å²) < 4.78 is 20.4. The summed E-state index contributed by atoms with van der Waals surface area (Å²) in [6.45, 7) is 1.70. The van der Waals surface area contributed by atoms with E-state index >= 15 is 0 Å². The van der Waals surface area contributed by atoms with Gasteiger partial charge in [-0.2, -0.15) is 0 Å². The second-order valence-corrected chi connectivity index (χ2v) is 9.70. The van der Waals surface area contributed by atoms with Gasteiger partial charge in [0.15, 0.2) is 0 Å². The number of aryl methyl sites for hydroxylation is 1. The molecule has 0 aromatic heterocycles. The molecule has 4 fully saturated rings. The monoisotopic (exact) mass is 484 g/mol. The van der Waals surface area contributed by atoms with Crippen molar-refractivity contribution in [1.29, 1.82) is 0 Å². The first kappa shape index (κ1) is 23.2. The molecule has 2 saturated heterocycles. The van der Waals surface area contributed by atoms with Gasteiger partial charge in [0.2, 0.25) is 0 Å². The van der Waals surface area contributed by atoms with E-state index in [2.05, 4.69) is 9.47 Å². The zero-order valence-corrected chi connectivity index (χ0v) is 19.0. The van der Waals surface area contributed by atoms with Gasteiger partial charge in [-0.25, -0.2) is 0 Å². The Morgan fingerprint density at radius 3 is 1.71 bits per heavy atom. The van der Waals surface area contributed by atoms with E-state index in [4.69, 9.17) is 9.47 Å². The topological polar surface area (TPSA) is 139 Å². The number of esters is 6. The van der Waals surface area contributed by atoms with E-state index < -0.39 is 71.3 Å². The van der Waals surface area contributed by atoms with E-state index in [9.17, 15) is 28.8 Å². The minimum atomic E-state index is -0.601. The molecule has 2 saturated carbocycles. The molecule has 0 N–H and O–H groups in total. The molecule has 5 rings (SSSR count). The number of cyclic esters (lactones) is 4. The highest BCUT2D eigenvalue weighted by atomic mass is 16.6. The molecule has 2 aliphatic carbocycles. The number of carbonyl (C=O) groups excluding carboxylic acids is 6. The summed E-state index contributed by atoms with van der Waals surface area (Å²) in [5.41, 5.74) is 0.571. The molecule has 2 heterocycles. The van der Waals surface area contributed by atoms with Crippen LogP contribution in [0.3, 0.4) is 0 Å². The Balaban J connectivity index is 1.18. The van der Waals surface area contributed by atoms with Gasteiger partial charge in [-0.3, -0.25) is 28.8 Å². The highest BCUT2D eigenvalue weighted by Gasteiger charge is 2.50. The van der Waals surface area contributed by atoms with Crippen molar-refractivity contribution in [2.24, 2.45) is 35.5 Å². The number of carbonyl (C=O) groups is 6. The Labute approximate surface area is 200 Å². The lowest BCUT2D eigenvalue weighted by Crippen LogP contribution is -2.33. The fourth-order valence-corrected chi connectivity index (χ4v) is 5.55. The second-order valence-electron chi connectivity index (χ2n) is 9.70. The Hall–Kier alpha value is -3.56. The quantitative estimate of drug-likeness (QED) is 0.354. The maximum Gasteiger partial charge on any atom is 0.317 e. The van der Waals surface area contributed by atoms with Crippen LogP contribution in [0.2, 0.25) is 0 Å². The minimum Gasteiger partial charge on any atom is -0.426 e. The van der Waals surface area contributed by atoms with Crippen LogP contribution in [0.15, 0.2) is 18.2 Å². The lowest BCUT2D eigenvalue weighted by atomic mass is 9.75. The summed E-state index contributed by atoms with van der Waals surface area (Å²) in [6.07, 6.45) is 2.09. The maximum absolute atomic E-state index is 12.7. The number of benzene rings is 1. The van der Waals surface area contributed by atoms with Crippen molar-refractivity contribution in [2.45, 2.75) is 45.4 Å². The van der Waals surface area contributed by atoms with Crippen LogP contribution in [-0.4, -0.2) is 35.8 Å². The lowest BCUT2D eigenvalue weighted by Gasteiger charge is -2.26. The Bertz CT molecular complexity index is 1140. The fourth-order valence-electron chi connectivity index (χ4n) is 5.55. The number of hydrogen-bond donors (Lipinski definition) is 0. The van der Waals surface area contributed by atoms with Crippen LogP contribution >= 0.6 is 0 Å². The Morgan fingerprint density at radius 2 is 1.20 bits per heavy atom. The fraction of sp³-hybridized carbons (Fsp3) is 0.520. The van der Waals surface area contributed by atoms with Crippen molar-refractivity contribution < 1.29 is 47.7 Å². The number of hydrogen-bond acceptors (Lipinski definition) is 10. The maximum atomic E-state index is 12.7. The summed E-state index contributed by atoms with van der Waals surface area (Å²) in [7, 11) is 0. The summed E-state index contributed by atoms with van der Waals surface area (Å²) in [4.78, 5) is 72.4. The summed E-state index contributed by atoms with van der Waals surface area (Å²) in [6, 6.07) is 4.61. The molecule has 10 nitrogen and oxygen atoms in total.